The van der Waals surface area contributed by atoms with E-state index in [1.807, 2.05) is 6.92 Å². The van der Waals surface area contributed by atoms with Crippen LogP contribution in [0.15, 0.2) is 0 Å². The van der Waals surface area contributed by atoms with Gasteiger partial charge in [-0.15, -0.1) is 0 Å². The third-order valence-corrected chi connectivity index (χ3v) is 1.55. The first-order valence-electron chi connectivity index (χ1n) is 1.43. The van der Waals surface area contributed by atoms with Crippen molar-refractivity contribution in [3.63, 3.8) is 0 Å². The van der Waals surface area contributed by atoms with Crippen molar-refractivity contribution in [3.8, 4) is 0 Å². The molecule has 0 aromatic carbocycles. The van der Waals surface area contributed by atoms with Crippen molar-refractivity contribution >= 4 is 32.0 Å². The normalized spacial score (nSPS) is 9.60. The van der Waals surface area contributed by atoms with Gasteiger partial charge in [-0.1, -0.05) is 0 Å². The minimum atomic E-state index is 0.634. The Bertz CT molecular complexity index is 18.9. The first-order chi connectivity index (χ1) is 2.27. The van der Waals surface area contributed by atoms with Gasteiger partial charge in [-0.05, 0) is 0 Å². The standard InChI is InChI=1S/C3H7Se2/c1-2-3(4)5/h2-5H,1H3. The molecule has 1 radical (unpaired) electrons. The van der Waals surface area contributed by atoms with Gasteiger partial charge in [0.05, 0.1) is 0 Å². The zero-order valence-electron chi connectivity index (χ0n) is 3.05. The van der Waals surface area contributed by atoms with Gasteiger partial charge < -0.3 is 0 Å². The van der Waals surface area contributed by atoms with Crippen LogP contribution in [0.3, 0.4) is 0 Å². The molecule has 0 bridgehead atoms. The molecule has 0 saturated heterocycles. The van der Waals surface area contributed by atoms with E-state index in [4.69, 9.17) is 0 Å². The van der Waals surface area contributed by atoms with Crippen LogP contribution in [0.4, 0.5) is 0 Å². The summed E-state index contributed by atoms with van der Waals surface area (Å²) in [5, 5.41) is 0. The van der Waals surface area contributed by atoms with E-state index in [1.165, 1.54) is 0 Å². The van der Waals surface area contributed by atoms with Gasteiger partial charge in [0.25, 0.3) is 0 Å². The van der Waals surface area contributed by atoms with E-state index in [-0.39, 0.29) is 0 Å². The zero-order chi connectivity index (χ0) is 4.28. The summed E-state index contributed by atoms with van der Waals surface area (Å²) in [6.07, 6.45) is 2.11. The summed E-state index contributed by atoms with van der Waals surface area (Å²) >= 11 is 5.05. The quantitative estimate of drug-likeness (QED) is 0.513. The fourth-order valence-corrected chi connectivity index (χ4v) is 0. The molecule has 0 atom stereocenters. The molecule has 0 saturated carbocycles. The van der Waals surface area contributed by atoms with Gasteiger partial charge >= 0.3 is 49.1 Å². The molecule has 0 aliphatic carbocycles. The van der Waals surface area contributed by atoms with Crippen molar-refractivity contribution in [3.05, 3.63) is 6.42 Å². The third-order valence-electron chi connectivity index (χ3n) is 0.298. The van der Waals surface area contributed by atoms with Crippen molar-refractivity contribution in [2.45, 2.75) is 10.6 Å². The molecule has 0 rings (SSSR count). The molecule has 0 amide bonds. The van der Waals surface area contributed by atoms with Gasteiger partial charge in [0.2, 0.25) is 0 Å². The van der Waals surface area contributed by atoms with E-state index in [1.54, 1.807) is 0 Å². The summed E-state index contributed by atoms with van der Waals surface area (Å²) in [6, 6.07) is 0. The summed E-state index contributed by atoms with van der Waals surface area (Å²) in [6.45, 7) is 2.04. The molecule has 0 heterocycles. The zero-order valence-corrected chi connectivity index (χ0v) is 6.80. The summed E-state index contributed by atoms with van der Waals surface area (Å²) in [5.41, 5.74) is 0. The van der Waals surface area contributed by atoms with Crippen LogP contribution in [-0.4, -0.2) is 32.0 Å². The Labute approximate surface area is 49.3 Å². The molecule has 0 nitrogen and oxygen atoms in total. The Kier molecular flexibility index (Phi) is 3.91. The molecule has 0 N–H and O–H groups in total. The number of hydrogen-bond acceptors (Lipinski definition) is 0. The average molecular weight is 201 g/mol. The van der Waals surface area contributed by atoms with E-state index in [0.717, 1.165) is 0 Å². The van der Waals surface area contributed by atoms with E-state index in [9.17, 15) is 0 Å². The van der Waals surface area contributed by atoms with Gasteiger partial charge in [-0.3, -0.25) is 0 Å². The summed E-state index contributed by atoms with van der Waals surface area (Å²) < 4.78 is 0.634. The van der Waals surface area contributed by atoms with Crippen LogP contribution in [0.2, 0.25) is 3.71 Å². The monoisotopic (exact) mass is 203 g/mol. The van der Waals surface area contributed by atoms with Crippen LogP contribution in [0.5, 0.6) is 0 Å². The summed E-state index contributed by atoms with van der Waals surface area (Å²) in [4.78, 5) is 0. The second-order valence-corrected chi connectivity index (χ2v) is 5.00. The van der Waals surface area contributed by atoms with Crippen LogP contribution in [0.25, 0.3) is 0 Å². The Balaban J connectivity index is 2.54. The first-order valence-corrected chi connectivity index (χ1v) is 3.59. The molecule has 2 heteroatoms. The molecular formula is C3H7Se2. The molecule has 0 spiro atoms. The molecule has 0 aromatic heterocycles. The predicted molar refractivity (Wildman–Crippen MR) is 28.0 cm³/mol. The molecule has 0 aliphatic heterocycles. The van der Waals surface area contributed by atoms with Crippen LogP contribution in [-0.2, 0) is 0 Å². The maximum atomic E-state index is 2.52. The molecule has 0 unspecified atom stereocenters. The summed E-state index contributed by atoms with van der Waals surface area (Å²) in [5.74, 6) is 0. The van der Waals surface area contributed by atoms with Gasteiger partial charge in [-0.25, -0.2) is 0 Å². The average Bonchev–Trinajstić information content (AvgIpc) is 1.38. The fraction of sp³-hybridized carbons (Fsp3) is 0.667. The molecule has 31 valence electrons. The molecule has 0 aromatic rings. The topological polar surface area (TPSA) is 0 Å². The van der Waals surface area contributed by atoms with Gasteiger partial charge in [0.15, 0.2) is 0 Å². The first kappa shape index (κ1) is 6.04. The predicted octanol–water partition coefficient (Wildman–Crippen LogP) is -0.242. The van der Waals surface area contributed by atoms with E-state index in [2.05, 4.69) is 38.4 Å². The Morgan fingerprint density at radius 2 is 1.80 bits per heavy atom. The second kappa shape index (κ2) is 3.24. The van der Waals surface area contributed by atoms with E-state index in [0.29, 0.717) is 3.71 Å². The van der Waals surface area contributed by atoms with Crippen LogP contribution in [0.1, 0.15) is 6.92 Å². The number of hydrogen-bond donors (Lipinski definition) is 0. The van der Waals surface area contributed by atoms with Crippen molar-refractivity contribution in [1.29, 1.82) is 0 Å². The molecular weight excluding hydrogens is 194 g/mol. The van der Waals surface area contributed by atoms with Crippen LogP contribution in [0, 0.1) is 6.42 Å². The minimum absolute atomic E-state index is 0.634. The van der Waals surface area contributed by atoms with Gasteiger partial charge in [0.1, 0.15) is 0 Å². The Morgan fingerprint density at radius 3 is 1.80 bits per heavy atom. The van der Waals surface area contributed by atoms with Crippen molar-refractivity contribution in [2.75, 3.05) is 0 Å². The maximum absolute atomic E-state index is 2.52. The molecule has 0 aliphatic rings. The SMILES string of the molecule is C[CH]C([SeH])[SeH]. The van der Waals surface area contributed by atoms with Crippen molar-refractivity contribution < 1.29 is 0 Å². The number of rotatable bonds is 1. The van der Waals surface area contributed by atoms with Crippen molar-refractivity contribution in [2.24, 2.45) is 0 Å². The van der Waals surface area contributed by atoms with Crippen molar-refractivity contribution in [1.82, 2.24) is 0 Å². The van der Waals surface area contributed by atoms with E-state index >= 15 is 0 Å². The van der Waals surface area contributed by atoms with Gasteiger partial charge in [-0.2, -0.15) is 0 Å². The fourth-order valence-electron chi connectivity index (χ4n) is 0. The van der Waals surface area contributed by atoms with Crippen LogP contribution >= 0.6 is 0 Å². The molecule has 5 heavy (non-hydrogen) atoms. The summed E-state index contributed by atoms with van der Waals surface area (Å²) in [7, 11) is 0. The van der Waals surface area contributed by atoms with Gasteiger partial charge in [0, 0.05) is 0 Å². The second-order valence-electron chi connectivity index (χ2n) is 0.747. The van der Waals surface area contributed by atoms with E-state index < -0.39 is 0 Å². The van der Waals surface area contributed by atoms with Crippen LogP contribution < -0.4 is 0 Å². The molecule has 0 fully saturated rings. The Hall–Kier alpha value is 1.04. The Morgan fingerprint density at radius 1 is 1.60 bits per heavy atom. The third kappa shape index (κ3) is 5.04.